The van der Waals surface area contributed by atoms with E-state index in [1.165, 1.54) is 0 Å². The van der Waals surface area contributed by atoms with Crippen LogP contribution in [0.4, 0.5) is 4.79 Å². The molecule has 0 aromatic carbocycles. The second-order valence-corrected chi connectivity index (χ2v) is 8.55. The fourth-order valence-electron chi connectivity index (χ4n) is 2.57. The summed E-state index contributed by atoms with van der Waals surface area (Å²) in [4.78, 5) is 30.4. The lowest BCUT2D eigenvalue weighted by atomic mass is 10.1. The first kappa shape index (κ1) is 25.7. The zero-order valence-corrected chi connectivity index (χ0v) is 20.0. The van der Waals surface area contributed by atoms with Crippen LogP contribution in [0.25, 0.3) is 0 Å². The van der Waals surface area contributed by atoms with Gasteiger partial charge in [0.25, 0.3) is 0 Å². The number of carbonyl (C=O) groups excluding carboxylic acids is 2. The molecule has 1 atom stereocenters. The average molecular weight is 497 g/mol. The second-order valence-electron chi connectivity index (χ2n) is 8.55. The number of hydrogen-bond donors (Lipinski definition) is 3. The van der Waals surface area contributed by atoms with Gasteiger partial charge in [-0.1, -0.05) is 0 Å². The molecule has 1 aliphatic heterocycles. The number of carbonyl (C=O) groups is 2. The van der Waals surface area contributed by atoms with Crippen LogP contribution in [0.1, 0.15) is 54.9 Å². The molecule has 1 fully saturated rings. The Morgan fingerprint density at radius 3 is 2.33 bits per heavy atom. The Hall–Kier alpha value is -1.26. The monoisotopic (exact) mass is 497 g/mol. The number of nitrogens with zero attached hydrogens (tertiary/aromatic N) is 2. The molecule has 3 N–H and O–H groups in total. The molecule has 158 valence electrons. The molecule has 27 heavy (non-hydrogen) atoms. The summed E-state index contributed by atoms with van der Waals surface area (Å²) in [7, 11) is 0. The molecule has 9 heteroatoms. The third-order valence-corrected chi connectivity index (χ3v) is 3.43. The van der Waals surface area contributed by atoms with Crippen LogP contribution in [0.2, 0.25) is 0 Å². The maximum atomic E-state index is 12.0. The minimum Gasteiger partial charge on any atom is -0.444 e. The molecule has 1 saturated heterocycles. The number of halogens is 1. The van der Waals surface area contributed by atoms with E-state index >= 15 is 0 Å². The molecule has 1 rings (SSSR count). The molecule has 8 nitrogen and oxygen atoms in total. The van der Waals surface area contributed by atoms with Crippen molar-refractivity contribution in [2.75, 3.05) is 26.2 Å². The van der Waals surface area contributed by atoms with Gasteiger partial charge in [-0.05, 0) is 54.9 Å². The van der Waals surface area contributed by atoms with Crippen molar-refractivity contribution < 1.29 is 14.3 Å². The number of rotatable bonds is 4. The summed E-state index contributed by atoms with van der Waals surface area (Å²) in [5, 5.41) is 9.00. The fraction of sp³-hybridized carbons (Fsp3) is 0.833. The summed E-state index contributed by atoms with van der Waals surface area (Å²) in [6, 6.07) is -0.00268. The molecule has 0 aromatic rings. The van der Waals surface area contributed by atoms with Crippen molar-refractivity contribution in [1.29, 1.82) is 0 Å². The highest BCUT2D eigenvalue weighted by atomic mass is 127. The second kappa shape index (κ2) is 10.9. The minimum atomic E-state index is -0.515. The summed E-state index contributed by atoms with van der Waals surface area (Å²) in [6.07, 6.45) is 0.397. The highest BCUT2D eigenvalue weighted by molar-refractivity contribution is 14.0. The van der Waals surface area contributed by atoms with E-state index in [1.807, 2.05) is 48.5 Å². The minimum absolute atomic E-state index is 0. The molecule has 0 aliphatic carbocycles. The van der Waals surface area contributed by atoms with Crippen molar-refractivity contribution in [3.63, 3.8) is 0 Å². The molecule has 2 amide bonds. The molecule has 0 spiro atoms. The van der Waals surface area contributed by atoms with Gasteiger partial charge < -0.3 is 25.6 Å². The van der Waals surface area contributed by atoms with E-state index in [9.17, 15) is 9.59 Å². The van der Waals surface area contributed by atoms with Crippen molar-refractivity contribution in [3.05, 3.63) is 0 Å². The van der Waals surface area contributed by atoms with Gasteiger partial charge in [0.2, 0.25) is 5.91 Å². The third-order valence-electron chi connectivity index (χ3n) is 3.43. The molecule has 1 unspecified atom stereocenters. The van der Waals surface area contributed by atoms with Crippen molar-refractivity contribution in [2.24, 2.45) is 4.99 Å². The van der Waals surface area contributed by atoms with E-state index < -0.39 is 11.7 Å². The van der Waals surface area contributed by atoms with E-state index in [0.717, 1.165) is 13.0 Å². The maximum absolute atomic E-state index is 12.0. The van der Waals surface area contributed by atoms with Gasteiger partial charge >= 0.3 is 6.09 Å². The normalized spacial score (nSPS) is 17.8. The third kappa shape index (κ3) is 11.2. The van der Waals surface area contributed by atoms with Crippen LogP contribution < -0.4 is 16.0 Å². The standard InChI is InChI=1S/C18H35N5O3.HI/c1-8-19-15(20-11-14(24)22-17(2,3)4)23-10-9-13(12-23)21-16(25)26-18(5,6)7;/h13H,8-12H2,1-7H3,(H,19,20)(H,21,25)(H,22,24);1H. The number of guanidine groups is 1. The summed E-state index contributed by atoms with van der Waals surface area (Å²) >= 11 is 0. The predicted octanol–water partition coefficient (Wildman–Crippen LogP) is 2.08. The Morgan fingerprint density at radius 2 is 1.81 bits per heavy atom. The molecule has 0 aromatic heterocycles. The summed E-state index contributed by atoms with van der Waals surface area (Å²) in [6.45, 7) is 15.5. The number of ether oxygens (including phenoxy) is 1. The summed E-state index contributed by atoms with van der Waals surface area (Å²) in [5.74, 6) is 0.570. The topological polar surface area (TPSA) is 95.1 Å². The molecule has 0 bridgehead atoms. The van der Waals surface area contributed by atoms with E-state index in [4.69, 9.17) is 4.74 Å². The Morgan fingerprint density at radius 1 is 1.19 bits per heavy atom. The van der Waals surface area contributed by atoms with E-state index in [2.05, 4.69) is 25.8 Å². The first-order valence-electron chi connectivity index (χ1n) is 9.23. The zero-order chi connectivity index (χ0) is 20.0. The van der Waals surface area contributed by atoms with E-state index in [1.54, 1.807) is 0 Å². The van der Waals surface area contributed by atoms with Crippen LogP contribution in [0, 0.1) is 0 Å². The molecular formula is C18H36IN5O3. The number of hydrogen-bond acceptors (Lipinski definition) is 4. The summed E-state index contributed by atoms with van der Waals surface area (Å²) in [5.41, 5.74) is -0.791. The summed E-state index contributed by atoms with van der Waals surface area (Å²) < 4.78 is 5.30. The van der Waals surface area contributed by atoms with Gasteiger partial charge in [0.05, 0.1) is 6.04 Å². The number of nitrogens with one attached hydrogen (secondary N) is 3. The SMILES string of the molecule is CCNC(=NCC(=O)NC(C)(C)C)N1CCC(NC(=O)OC(C)(C)C)C1.I. The Balaban J connectivity index is 0.00000676. The number of aliphatic imine (C=N–C) groups is 1. The molecule has 0 radical (unpaired) electrons. The first-order valence-corrected chi connectivity index (χ1v) is 9.23. The van der Waals surface area contributed by atoms with Gasteiger partial charge in [-0.2, -0.15) is 0 Å². The van der Waals surface area contributed by atoms with Crippen molar-refractivity contribution in [1.82, 2.24) is 20.9 Å². The molecule has 1 aliphatic rings. The average Bonchev–Trinajstić information content (AvgIpc) is 2.87. The zero-order valence-electron chi connectivity index (χ0n) is 17.6. The van der Waals surface area contributed by atoms with Crippen LogP contribution in [-0.4, -0.2) is 66.2 Å². The van der Waals surface area contributed by atoms with Crippen LogP contribution >= 0.6 is 24.0 Å². The van der Waals surface area contributed by atoms with Gasteiger partial charge in [0, 0.05) is 25.2 Å². The van der Waals surface area contributed by atoms with Gasteiger partial charge in [-0.3, -0.25) is 4.79 Å². The molecule has 0 saturated carbocycles. The highest BCUT2D eigenvalue weighted by Crippen LogP contribution is 2.12. The number of likely N-dealkylation sites (tertiary alicyclic amines) is 1. The van der Waals surface area contributed by atoms with Crippen LogP contribution in [0.3, 0.4) is 0 Å². The fourth-order valence-corrected chi connectivity index (χ4v) is 2.57. The maximum Gasteiger partial charge on any atom is 0.407 e. The lowest BCUT2D eigenvalue weighted by Crippen LogP contribution is -2.45. The number of amides is 2. The van der Waals surface area contributed by atoms with Gasteiger partial charge in [-0.15, -0.1) is 24.0 Å². The van der Waals surface area contributed by atoms with Gasteiger partial charge in [0.1, 0.15) is 12.1 Å². The van der Waals surface area contributed by atoms with Gasteiger partial charge in [0.15, 0.2) is 5.96 Å². The van der Waals surface area contributed by atoms with Crippen LogP contribution in [0.15, 0.2) is 4.99 Å². The quantitative estimate of drug-likeness (QED) is 0.314. The Bertz CT molecular complexity index is 526. The highest BCUT2D eigenvalue weighted by Gasteiger charge is 2.28. The Labute approximate surface area is 180 Å². The lowest BCUT2D eigenvalue weighted by molar-refractivity contribution is -0.121. The van der Waals surface area contributed by atoms with E-state index in [0.29, 0.717) is 19.0 Å². The van der Waals surface area contributed by atoms with Crippen LogP contribution in [0.5, 0.6) is 0 Å². The lowest BCUT2D eigenvalue weighted by Gasteiger charge is -2.24. The van der Waals surface area contributed by atoms with Crippen molar-refractivity contribution in [3.8, 4) is 0 Å². The number of alkyl carbamates (subject to hydrolysis) is 1. The first-order chi connectivity index (χ1) is 11.9. The van der Waals surface area contributed by atoms with Gasteiger partial charge in [-0.25, -0.2) is 9.79 Å². The smallest absolute Gasteiger partial charge is 0.407 e. The largest absolute Gasteiger partial charge is 0.444 e. The van der Waals surface area contributed by atoms with E-state index in [-0.39, 0.29) is 48.0 Å². The molecular weight excluding hydrogens is 461 g/mol. The van der Waals surface area contributed by atoms with Crippen molar-refractivity contribution in [2.45, 2.75) is 72.1 Å². The predicted molar refractivity (Wildman–Crippen MR) is 119 cm³/mol. The Kier molecular flexibility index (Phi) is 10.4. The van der Waals surface area contributed by atoms with Crippen LogP contribution in [-0.2, 0) is 9.53 Å². The molecule has 1 heterocycles. The van der Waals surface area contributed by atoms with Crippen molar-refractivity contribution >= 4 is 41.9 Å².